The van der Waals surface area contributed by atoms with Crippen molar-refractivity contribution in [2.75, 3.05) is 0 Å². The second-order valence-corrected chi connectivity index (χ2v) is 14.4. The van der Waals surface area contributed by atoms with Gasteiger partial charge in [0.2, 0.25) is 0 Å². The number of hydrogen-bond donors (Lipinski definition) is 0. The molecule has 0 atom stereocenters. The molecule has 12 rings (SSSR count). The highest BCUT2D eigenvalue weighted by atomic mass is 16.3. The van der Waals surface area contributed by atoms with Crippen LogP contribution in [0.2, 0.25) is 0 Å². The maximum atomic E-state index is 6.46. The number of rotatable bonds is 5. The van der Waals surface area contributed by atoms with Gasteiger partial charge in [0.05, 0.1) is 22.1 Å². The van der Waals surface area contributed by atoms with Gasteiger partial charge in [-0.2, -0.15) is 0 Å². The highest BCUT2D eigenvalue weighted by Gasteiger charge is 2.24. The SMILES string of the molecule is c1ccc(-c2nc(-c3ccccc3)nc(-c3ccc(-n4c5ccc6oc7ccccc7c6c5c5ccc6c(c7ccccc7n6-c6ccccc6)c54)cc3)n2)cc1. The zero-order valence-corrected chi connectivity index (χ0v) is 30.5. The Labute approximate surface area is 326 Å². The maximum absolute atomic E-state index is 6.46. The molecule has 0 amide bonds. The van der Waals surface area contributed by atoms with Crippen molar-refractivity contribution in [1.29, 1.82) is 0 Å². The van der Waals surface area contributed by atoms with Crippen LogP contribution in [0, 0.1) is 0 Å². The third kappa shape index (κ3) is 4.81. The summed E-state index contributed by atoms with van der Waals surface area (Å²) in [4.78, 5) is 14.9. The molecular weight excluding hydrogens is 699 g/mol. The Balaban J connectivity index is 1.14. The van der Waals surface area contributed by atoms with Crippen molar-refractivity contribution in [3.63, 3.8) is 0 Å². The summed E-state index contributed by atoms with van der Waals surface area (Å²) in [6, 6.07) is 65.5. The van der Waals surface area contributed by atoms with Gasteiger partial charge in [-0.3, -0.25) is 0 Å². The molecule has 6 heteroatoms. The van der Waals surface area contributed by atoms with Crippen LogP contribution in [-0.4, -0.2) is 24.1 Å². The van der Waals surface area contributed by atoms with Gasteiger partial charge in [0, 0.05) is 60.4 Å². The molecule has 57 heavy (non-hydrogen) atoms. The van der Waals surface area contributed by atoms with E-state index < -0.39 is 0 Å². The topological polar surface area (TPSA) is 61.7 Å². The molecule has 266 valence electrons. The quantitative estimate of drug-likeness (QED) is 0.177. The third-order valence-electron chi connectivity index (χ3n) is 11.2. The molecular formula is C51H31N5O. The predicted octanol–water partition coefficient (Wildman–Crippen LogP) is 13.0. The summed E-state index contributed by atoms with van der Waals surface area (Å²) in [5.41, 5.74) is 11.3. The fourth-order valence-corrected chi connectivity index (χ4v) is 8.68. The lowest BCUT2D eigenvalue weighted by Gasteiger charge is -2.12. The molecule has 0 unspecified atom stereocenters. The molecule has 0 aliphatic heterocycles. The van der Waals surface area contributed by atoms with Crippen LogP contribution in [0.4, 0.5) is 0 Å². The van der Waals surface area contributed by atoms with Crippen LogP contribution in [0.3, 0.4) is 0 Å². The molecule has 0 aliphatic rings. The molecule has 4 aromatic heterocycles. The van der Waals surface area contributed by atoms with E-state index in [1.807, 2.05) is 66.7 Å². The monoisotopic (exact) mass is 729 g/mol. The van der Waals surface area contributed by atoms with Crippen molar-refractivity contribution in [3.05, 3.63) is 188 Å². The first-order chi connectivity index (χ1) is 28.3. The minimum Gasteiger partial charge on any atom is -0.456 e. The number of benzene rings is 8. The standard InChI is InChI=1S/C51H31N5O/c1-4-14-32(15-5-1)49-52-50(33-16-6-2-7-17-33)54-51(53-49)34-24-26-36(27-25-34)56-41-30-31-44-47(38-21-11-13-23-43(38)57-44)45(41)39-28-29-42-46(48(39)56)37-20-10-12-22-40(37)55(42)35-18-8-3-9-19-35/h1-31H. The second kappa shape index (κ2) is 12.3. The van der Waals surface area contributed by atoms with Crippen LogP contribution in [0.1, 0.15) is 0 Å². The lowest BCUT2D eigenvalue weighted by Crippen LogP contribution is -2.00. The zero-order valence-electron chi connectivity index (χ0n) is 30.5. The Hall–Kier alpha value is -7.83. The molecule has 0 aliphatic carbocycles. The third-order valence-corrected chi connectivity index (χ3v) is 11.2. The van der Waals surface area contributed by atoms with Crippen molar-refractivity contribution >= 4 is 65.6 Å². The molecule has 12 aromatic rings. The van der Waals surface area contributed by atoms with Crippen LogP contribution >= 0.6 is 0 Å². The lowest BCUT2D eigenvalue weighted by molar-refractivity contribution is 0.669. The normalized spacial score (nSPS) is 11.9. The van der Waals surface area contributed by atoms with E-state index in [2.05, 4.69) is 130 Å². The maximum Gasteiger partial charge on any atom is 0.164 e. The van der Waals surface area contributed by atoms with E-state index in [9.17, 15) is 0 Å². The predicted molar refractivity (Wildman–Crippen MR) is 232 cm³/mol. The van der Waals surface area contributed by atoms with Gasteiger partial charge >= 0.3 is 0 Å². The van der Waals surface area contributed by atoms with Crippen LogP contribution < -0.4 is 0 Å². The molecule has 0 radical (unpaired) electrons. The average Bonchev–Trinajstić information content (AvgIpc) is 3.95. The lowest BCUT2D eigenvalue weighted by atomic mass is 10.0. The van der Waals surface area contributed by atoms with Crippen molar-refractivity contribution in [1.82, 2.24) is 24.1 Å². The molecule has 0 N–H and O–H groups in total. The summed E-state index contributed by atoms with van der Waals surface area (Å²) in [7, 11) is 0. The molecule has 6 nitrogen and oxygen atoms in total. The van der Waals surface area contributed by atoms with Crippen molar-refractivity contribution < 1.29 is 4.42 Å². The highest BCUT2D eigenvalue weighted by molar-refractivity contribution is 6.32. The molecule has 4 heterocycles. The first-order valence-electron chi connectivity index (χ1n) is 19.1. The molecule has 0 bridgehead atoms. The van der Waals surface area contributed by atoms with Gasteiger partial charge in [0.15, 0.2) is 17.5 Å². The minimum absolute atomic E-state index is 0.622. The first kappa shape index (κ1) is 31.5. The molecule has 8 aromatic carbocycles. The highest BCUT2D eigenvalue weighted by Crippen LogP contribution is 2.46. The number of hydrogen-bond acceptors (Lipinski definition) is 4. The Morgan fingerprint density at radius 2 is 0.842 bits per heavy atom. The summed E-state index contributed by atoms with van der Waals surface area (Å²) in [5.74, 6) is 1.90. The molecule has 0 saturated carbocycles. The Morgan fingerprint density at radius 3 is 1.53 bits per heavy atom. The Kier molecular flexibility index (Phi) is 6.83. The molecule has 0 fully saturated rings. The number of nitrogens with zero attached hydrogens (tertiary/aromatic N) is 5. The fourth-order valence-electron chi connectivity index (χ4n) is 8.68. The summed E-state index contributed by atoms with van der Waals surface area (Å²) in [6.45, 7) is 0. The molecule has 0 spiro atoms. The van der Waals surface area contributed by atoms with Gasteiger partial charge in [-0.05, 0) is 66.7 Å². The van der Waals surface area contributed by atoms with Gasteiger partial charge in [-0.1, -0.05) is 121 Å². The number of aromatic nitrogens is 5. The van der Waals surface area contributed by atoms with Crippen molar-refractivity contribution in [3.8, 4) is 45.5 Å². The minimum atomic E-state index is 0.622. The molecule has 0 saturated heterocycles. The van der Waals surface area contributed by atoms with E-state index >= 15 is 0 Å². The van der Waals surface area contributed by atoms with E-state index in [4.69, 9.17) is 19.4 Å². The second-order valence-electron chi connectivity index (χ2n) is 14.4. The summed E-state index contributed by atoms with van der Waals surface area (Å²) in [5, 5.41) is 6.98. The summed E-state index contributed by atoms with van der Waals surface area (Å²) < 4.78 is 11.3. The summed E-state index contributed by atoms with van der Waals surface area (Å²) >= 11 is 0. The average molecular weight is 730 g/mol. The van der Waals surface area contributed by atoms with Gasteiger partial charge in [0.25, 0.3) is 0 Å². The zero-order chi connectivity index (χ0) is 37.5. The number of para-hydroxylation sites is 3. The first-order valence-corrected chi connectivity index (χ1v) is 19.1. The van der Waals surface area contributed by atoms with Gasteiger partial charge in [0.1, 0.15) is 11.2 Å². The summed E-state index contributed by atoms with van der Waals surface area (Å²) in [6.07, 6.45) is 0. The van der Waals surface area contributed by atoms with Gasteiger partial charge in [-0.25, -0.2) is 15.0 Å². The van der Waals surface area contributed by atoms with E-state index in [-0.39, 0.29) is 0 Å². The van der Waals surface area contributed by atoms with Crippen molar-refractivity contribution in [2.45, 2.75) is 0 Å². The Morgan fingerprint density at radius 1 is 0.316 bits per heavy atom. The fraction of sp³-hybridized carbons (Fsp3) is 0. The van der Waals surface area contributed by atoms with Crippen LogP contribution in [0.25, 0.3) is 111 Å². The van der Waals surface area contributed by atoms with E-state index in [1.54, 1.807) is 0 Å². The number of furan rings is 1. The van der Waals surface area contributed by atoms with Crippen LogP contribution in [0.15, 0.2) is 192 Å². The van der Waals surface area contributed by atoms with E-state index in [0.717, 1.165) is 72.1 Å². The Bertz CT molecular complexity index is 3430. The van der Waals surface area contributed by atoms with Crippen LogP contribution in [0.5, 0.6) is 0 Å². The van der Waals surface area contributed by atoms with E-state index in [0.29, 0.717) is 17.5 Å². The largest absolute Gasteiger partial charge is 0.456 e. The van der Waals surface area contributed by atoms with Gasteiger partial charge in [-0.15, -0.1) is 0 Å². The number of fused-ring (bicyclic) bond motifs is 11. The van der Waals surface area contributed by atoms with Crippen molar-refractivity contribution in [2.24, 2.45) is 0 Å². The smallest absolute Gasteiger partial charge is 0.164 e. The van der Waals surface area contributed by atoms with E-state index in [1.165, 1.54) is 21.5 Å². The van der Waals surface area contributed by atoms with Crippen LogP contribution in [-0.2, 0) is 0 Å². The van der Waals surface area contributed by atoms with Gasteiger partial charge < -0.3 is 13.6 Å².